The second kappa shape index (κ2) is 2.84. The molecule has 0 N–H and O–H groups in total. The van der Waals surface area contributed by atoms with Gasteiger partial charge in [0.15, 0.2) is 5.78 Å². The summed E-state index contributed by atoms with van der Waals surface area (Å²) in [5, 5.41) is 0. The van der Waals surface area contributed by atoms with Gasteiger partial charge in [0.25, 0.3) is 0 Å². The molecule has 1 aromatic rings. The van der Waals surface area contributed by atoms with Crippen molar-refractivity contribution >= 4 is 11.4 Å². The molecule has 2 rings (SSSR count). The zero-order valence-corrected chi connectivity index (χ0v) is 7.92. The van der Waals surface area contributed by atoms with Crippen LogP contribution in [0.4, 0.5) is 0 Å². The first-order chi connectivity index (χ1) is 6.20. The molecular formula is C12H12O. The number of allylic oxidation sites excluding steroid dienone is 2. The van der Waals surface area contributed by atoms with Crippen LogP contribution in [-0.4, -0.2) is 5.78 Å². The van der Waals surface area contributed by atoms with Gasteiger partial charge < -0.3 is 0 Å². The van der Waals surface area contributed by atoms with Crippen molar-refractivity contribution in [3.63, 3.8) is 0 Å². The first kappa shape index (κ1) is 8.24. The fourth-order valence-electron chi connectivity index (χ4n) is 2.01. The molecule has 1 heteroatoms. The van der Waals surface area contributed by atoms with E-state index < -0.39 is 0 Å². The average molecular weight is 172 g/mol. The summed E-state index contributed by atoms with van der Waals surface area (Å²) in [6.45, 7) is 3.68. The first-order valence-corrected chi connectivity index (χ1v) is 4.49. The Bertz CT molecular complexity index is 399. The van der Waals surface area contributed by atoms with E-state index in [1.807, 2.05) is 25.1 Å². The molecule has 1 nitrogen and oxygen atoms in total. The maximum absolute atomic E-state index is 11.4. The highest BCUT2D eigenvalue weighted by Crippen LogP contribution is 2.32. The smallest absolute Gasteiger partial charge is 0.160 e. The molecule has 0 amide bonds. The minimum Gasteiger partial charge on any atom is -0.294 e. The van der Waals surface area contributed by atoms with Crippen molar-refractivity contribution in [2.24, 2.45) is 0 Å². The largest absolute Gasteiger partial charge is 0.294 e. The van der Waals surface area contributed by atoms with Crippen LogP contribution in [0.2, 0.25) is 0 Å². The summed E-state index contributed by atoms with van der Waals surface area (Å²) >= 11 is 0. The lowest BCUT2D eigenvalue weighted by atomic mass is 10.0. The molecular weight excluding hydrogens is 160 g/mol. The van der Waals surface area contributed by atoms with Crippen molar-refractivity contribution in [3.8, 4) is 0 Å². The molecule has 0 unspecified atom stereocenters. The van der Waals surface area contributed by atoms with Gasteiger partial charge >= 0.3 is 0 Å². The SMILES string of the molecule is CC(=O)C1=C(C)Cc2ccccc21. The van der Waals surface area contributed by atoms with Gasteiger partial charge in [0, 0.05) is 5.57 Å². The Labute approximate surface area is 78.1 Å². The Kier molecular flexibility index (Phi) is 1.80. The van der Waals surface area contributed by atoms with Crippen LogP contribution in [0.15, 0.2) is 29.8 Å². The maximum atomic E-state index is 11.4. The highest BCUT2D eigenvalue weighted by atomic mass is 16.1. The molecule has 0 spiro atoms. The lowest BCUT2D eigenvalue weighted by molar-refractivity contribution is -0.111. The zero-order chi connectivity index (χ0) is 9.42. The number of rotatable bonds is 1. The predicted molar refractivity (Wildman–Crippen MR) is 53.4 cm³/mol. The topological polar surface area (TPSA) is 17.1 Å². The third-order valence-electron chi connectivity index (χ3n) is 2.52. The summed E-state index contributed by atoms with van der Waals surface area (Å²) in [5.41, 5.74) is 4.54. The molecule has 0 saturated carbocycles. The van der Waals surface area contributed by atoms with Crippen molar-refractivity contribution < 1.29 is 4.79 Å². The Morgan fingerprint density at radius 1 is 1.31 bits per heavy atom. The van der Waals surface area contributed by atoms with Crippen LogP contribution >= 0.6 is 0 Å². The molecule has 0 saturated heterocycles. The van der Waals surface area contributed by atoms with Crippen molar-refractivity contribution in [2.75, 3.05) is 0 Å². The van der Waals surface area contributed by atoms with Gasteiger partial charge in [0.05, 0.1) is 0 Å². The normalized spacial score (nSPS) is 14.6. The zero-order valence-electron chi connectivity index (χ0n) is 7.92. The molecule has 66 valence electrons. The van der Waals surface area contributed by atoms with Crippen molar-refractivity contribution in [2.45, 2.75) is 20.3 Å². The van der Waals surface area contributed by atoms with Gasteiger partial charge in [-0.25, -0.2) is 0 Å². The van der Waals surface area contributed by atoms with E-state index in [4.69, 9.17) is 0 Å². The Morgan fingerprint density at radius 3 is 2.69 bits per heavy atom. The Hall–Kier alpha value is -1.37. The number of fused-ring (bicyclic) bond motifs is 1. The van der Waals surface area contributed by atoms with E-state index in [1.165, 1.54) is 11.1 Å². The van der Waals surface area contributed by atoms with Gasteiger partial charge in [0.2, 0.25) is 0 Å². The molecule has 0 atom stereocenters. The van der Waals surface area contributed by atoms with E-state index in [0.29, 0.717) is 0 Å². The third-order valence-corrected chi connectivity index (χ3v) is 2.52. The molecule has 0 bridgehead atoms. The number of hydrogen-bond acceptors (Lipinski definition) is 1. The van der Waals surface area contributed by atoms with Crippen LogP contribution in [-0.2, 0) is 11.2 Å². The second-order valence-electron chi connectivity index (χ2n) is 3.55. The number of ketones is 1. The molecule has 0 aliphatic heterocycles. The molecule has 1 aliphatic carbocycles. The molecule has 0 aromatic heterocycles. The van der Waals surface area contributed by atoms with E-state index in [0.717, 1.165) is 17.6 Å². The van der Waals surface area contributed by atoms with Crippen LogP contribution in [0, 0.1) is 0 Å². The van der Waals surface area contributed by atoms with Gasteiger partial charge in [0.1, 0.15) is 0 Å². The number of carbonyl (C=O) groups is 1. The van der Waals surface area contributed by atoms with Gasteiger partial charge in [-0.15, -0.1) is 0 Å². The van der Waals surface area contributed by atoms with Crippen LogP contribution < -0.4 is 0 Å². The summed E-state index contributed by atoms with van der Waals surface area (Å²) in [5.74, 6) is 0.183. The minimum absolute atomic E-state index is 0.183. The molecule has 0 fully saturated rings. The van der Waals surface area contributed by atoms with Crippen molar-refractivity contribution in [1.82, 2.24) is 0 Å². The molecule has 1 aliphatic rings. The summed E-state index contributed by atoms with van der Waals surface area (Å²) in [6, 6.07) is 8.13. The molecule has 13 heavy (non-hydrogen) atoms. The summed E-state index contributed by atoms with van der Waals surface area (Å²) < 4.78 is 0. The van der Waals surface area contributed by atoms with E-state index >= 15 is 0 Å². The van der Waals surface area contributed by atoms with E-state index in [1.54, 1.807) is 6.92 Å². The van der Waals surface area contributed by atoms with E-state index in [9.17, 15) is 4.79 Å². The second-order valence-corrected chi connectivity index (χ2v) is 3.55. The summed E-state index contributed by atoms with van der Waals surface area (Å²) in [6.07, 6.45) is 0.936. The van der Waals surface area contributed by atoms with E-state index in [2.05, 4.69) is 6.07 Å². The fourth-order valence-corrected chi connectivity index (χ4v) is 2.01. The highest BCUT2D eigenvalue weighted by Gasteiger charge is 2.20. The standard InChI is InChI=1S/C12H12O/c1-8-7-10-5-3-4-6-11(10)12(8)9(2)13/h3-6H,7H2,1-2H3. The number of hydrogen-bond donors (Lipinski definition) is 0. The van der Waals surface area contributed by atoms with Crippen molar-refractivity contribution in [3.05, 3.63) is 41.0 Å². The molecule has 0 heterocycles. The van der Waals surface area contributed by atoms with Crippen LogP contribution in [0.25, 0.3) is 5.57 Å². The van der Waals surface area contributed by atoms with Crippen molar-refractivity contribution in [1.29, 1.82) is 0 Å². The Balaban J connectivity index is 2.59. The molecule has 0 radical (unpaired) electrons. The lowest BCUT2D eigenvalue weighted by Crippen LogP contribution is -1.94. The number of Topliss-reactive ketones (excluding diaryl/α,β-unsaturated/α-hetero) is 1. The average Bonchev–Trinajstić information content (AvgIpc) is 2.39. The predicted octanol–water partition coefficient (Wildman–Crippen LogP) is 2.61. The number of carbonyl (C=O) groups excluding carboxylic acids is 1. The Morgan fingerprint density at radius 2 is 2.00 bits per heavy atom. The maximum Gasteiger partial charge on any atom is 0.160 e. The first-order valence-electron chi connectivity index (χ1n) is 4.49. The summed E-state index contributed by atoms with van der Waals surface area (Å²) in [4.78, 5) is 11.4. The monoisotopic (exact) mass is 172 g/mol. The van der Waals surface area contributed by atoms with Crippen LogP contribution in [0.3, 0.4) is 0 Å². The highest BCUT2D eigenvalue weighted by molar-refractivity contribution is 6.21. The van der Waals surface area contributed by atoms with Gasteiger partial charge in [-0.2, -0.15) is 0 Å². The third kappa shape index (κ3) is 1.21. The van der Waals surface area contributed by atoms with Gasteiger partial charge in [-0.05, 0) is 31.4 Å². The van der Waals surface area contributed by atoms with E-state index in [-0.39, 0.29) is 5.78 Å². The quantitative estimate of drug-likeness (QED) is 0.636. The summed E-state index contributed by atoms with van der Waals surface area (Å²) in [7, 11) is 0. The fraction of sp³-hybridized carbons (Fsp3) is 0.250. The molecule has 1 aromatic carbocycles. The van der Waals surface area contributed by atoms with Crippen LogP contribution in [0.1, 0.15) is 25.0 Å². The number of benzene rings is 1. The van der Waals surface area contributed by atoms with Gasteiger partial charge in [-0.3, -0.25) is 4.79 Å². The minimum atomic E-state index is 0.183. The lowest BCUT2D eigenvalue weighted by Gasteiger charge is -2.00. The van der Waals surface area contributed by atoms with Gasteiger partial charge in [-0.1, -0.05) is 29.8 Å². The van der Waals surface area contributed by atoms with Crippen LogP contribution in [0.5, 0.6) is 0 Å².